The van der Waals surface area contributed by atoms with E-state index in [1.165, 1.54) is 35.6 Å². The minimum atomic E-state index is -4.71. The molecule has 0 aliphatic carbocycles. The lowest BCUT2D eigenvalue weighted by Gasteiger charge is -2.11. The van der Waals surface area contributed by atoms with Crippen molar-refractivity contribution in [2.75, 3.05) is 0 Å². The third-order valence-electron chi connectivity index (χ3n) is 2.29. The Morgan fingerprint density at radius 1 is 1.11 bits per heavy atom. The van der Waals surface area contributed by atoms with E-state index in [4.69, 9.17) is 0 Å². The van der Waals surface area contributed by atoms with Gasteiger partial charge in [0.2, 0.25) is 0 Å². The Hall–Kier alpha value is -1.05. The minimum absolute atomic E-state index is 0.309. The second-order valence-corrected chi connectivity index (χ2v) is 6.16. The number of thiophene rings is 1. The van der Waals surface area contributed by atoms with Gasteiger partial charge in [-0.25, -0.2) is 0 Å². The summed E-state index contributed by atoms with van der Waals surface area (Å²) in [4.78, 5) is 0.705. The molecule has 1 heterocycles. The molecule has 0 radical (unpaired) electrons. The standard InChI is InChI=1S/C12H8BrF3O2S/c13-10-6-5-9(19-10)11(17)7-1-3-8(4-2-7)18-12(14,15)16/h1-6,11,17H. The van der Waals surface area contributed by atoms with Crippen LogP contribution in [0.15, 0.2) is 40.2 Å². The van der Waals surface area contributed by atoms with E-state index >= 15 is 0 Å². The molecule has 0 saturated carbocycles. The Balaban J connectivity index is 2.14. The van der Waals surface area contributed by atoms with E-state index in [2.05, 4.69) is 20.7 Å². The SMILES string of the molecule is OC(c1ccc(OC(F)(F)F)cc1)c1ccc(Br)s1. The van der Waals surface area contributed by atoms with Gasteiger partial charge in [-0.15, -0.1) is 24.5 Å². The van der Waals surface area contributed by atoms with E-state index in [0.717, 1.165) is 3.79 Å². The molecule has 0 fully saturated rings. The van der Waals surface area contributed by atoms with Gasteiger partial charge >= 0.3 is 6.36 Å². The van der Waals surface area contributed by atoms with Gasteiger partial charge in [-0.05, 0) is 45.8 Å². The summed E-state index contributed by atoms with van der Waals surface area (Å²) in [7, 11) is 0. The molecule has 0 bridgehead atoms. The third-order valence-corrected chi connectivity index (χ3v) is 3.97. The second kappa shape index (κ2) is 5.52. The number of aliphatic hydroxyl groups is 1. The summed E-state index contributed by atoms with van der Waals surface area (Å²) in [6, 6.07) is 8.70. The van der Waals surface area contributed by atoms with Crippen molar-refractivity contribution in [2.24, 2.45) is 0 Å². The zero-order valence-corrected chi connectivity index (χ0v) is 11.7. The lowest BCUT2D eigenvalue weighted by Crippen LogP contribution is -2.17. The molecule has 2 rings (SSSR count). The summed E-state index contributed by atoms with van der Waals surface area (Å²) in [5.41, 5.74) is 0.504. The van der Waals surface area contributed by atoms with Crippen molar-refractivity contribution < 1.29 is 23.0 Å². The Bertz CT molecular complexity index is 551. The molecule has 0 saturated heterocycles. The third kappa shape index (κ3) is 3.95. The Kier molecular flexibility index (Phi) is 4.17. The van der Waals surface area contributed by atoms with Crippen LogP contribution in [-0.2, 0) is 0 Å². The molecule has 1 aromatic carbocycles. The van der Waals surface area contributed by atoms with Crippen LogP contribution in [0, 0.1) is 0 Å². The van der Waals surface area contributed by atoms with Crippen LogP contribution in [-0.4, -0.2) is 11.5 Å². The van der Waals surface area contributed by atoms with Crippen LogP contribution < -0.4 is 4.74 Å². The fraction of sp³-hybridized carbons (Fsp3) is 0.167. The molecule has 0 amide bonds. The van der Waals surface area contributed by atoms with Gasteiger partial charge in [-0.3, -0.25) is 0 Å². The molecule has 1 unspecified atom stereocenters. The second-order valence-electron chi connectivity index (χ2n) is 3.66. The van der Waals surface area contributed by atoms with Crippen LogP contribution in [0.4, 0.5) is 13.2 Å². The molecule has 2 nitrogen and oxygen atoms in total. The highest BCUT2D eigenvalue weighted by atomic mass is 79.9. The largest absolute Gasteiger partial charge is 0.573 e. The smallest absolute Gasteiger partial charge is 0.406 e. The van der Waals surface area contributed by atoms with E-state index in [0.29, 0.717) is 10.4 Å². The molecular formula is C12H8BrF3O2S. The maximum atomic E-state index is 12.0. The van der Waals surface area contributed by atoms with Gasteiger partial charge in [-0.1, -0.05) is 12.1 Å². The van der Waals surface area contributed by atoms with E-state index in [1.54, 1.807) is 12.1 Å². The number of ether oxygens (including phenoxy) is 1. The highest BCUT2D eigenvalue weighted by Crippen LogP contribution is 2.32. The molecular weight excluding hydrogens is 345 g/mol. The molecule has 2 aromatic rings. The number of rotatable bonds is 3. The van der Waals surface area contributed by atoms with E-state index in [9.17, 15) is 18.3 Å². The van der Waals surface area contributed by atoms with Crippen LogP contribution in [0.25, 0.3) is 0 Å². The van der Waals surface area contributed by atoms with Crippen molar-refractivity contribution in [1.82, 2.24) is 0 Å². The first-order valence-electron chi connectivity index (χ1n) is 5.14. The molecule has 1 N–H and O–H groups in total. The minimum Gasteiger partial charge on any atom is -0.406 e. The maximum absolute atomic E-state index is 12.0. The monoisotopic (exact) mass is 352 g/mol. The van der Waals surface area contributed by atoms with Crippen LogP contribution in [0.2, 0.25) is 0 Å². The number of alkyl halides is 3. The maximum Gasteiger partial charge on any atom is 0.573 e. The van der Waals surface area contributed by atoms with Gasteiger partial charge in [0.05, 0.1) is 3.79 Å². The first-order chi connectivity index (χ1) is 8.85. The van der Waals surface area contributed by atoms with Gasteiger partial charge in [0.1, 0.15) is 11.9 Å². The molecule has 1 aromatic heterocycles. The Labute approximate surface area is 119 Å². The van der Waals surface area contributed by atoms with Crippen LogP contribution >= 0.6 is 27.3 Å². The van der Waals surface area contributed by atoms with Crippen molar-refractivity contribution in [1.29, 1.82) is 0 Å². The van der Waals surface area contributed by atoms with E-state index in [-0.39, 0.29) is 5.75 Å². The first kappa shape index (κ1) is 14.4. The first-order valence-corrected chi connectivity index (χ1v) is 6.75. The summed E-state index contributed by atoms with van der Waals surface area (Å²) in [5, 5.41) is 10.1. The average Bonchev–Trinajstić information content (AvgIpc) is 2.74. The highest BCUT2D eigenvalue weighted by molar-refractivity contribution is 9.11. The number of hydrogen-bond acceptors (Lipinski definition) is 3. The topological polar surface area (TPSA) is 29.5 Å². The van der Waals surface area contributed by atoms with Gasteiger partial charge in [0, 0.05) is 4.88 Å². The van der Waals surface area contributed by atoms with Crippen LogP contribution in [0.5, 0.6) is 5.75 Å². The fourth-order valence-corrected chi connectivity index (χ4v) is 2.93. The summed E-state index contributed by atoms with van der Waals surface area (Å²) < 4.78 is 40.6. The molecule has 0 aliphatic rings. The molecule has 7 heteroatoms. The zero-order valence-electron chi connectivity index (χ0n) is 9.32. The number of halogens is 4. The van der Waals surface area contributed by atoms with Crippen LogP contribution in [0.1, 0.15) is 16.5 Å². The highest BCUT2D eigenvalue weighted by Gasteiger charge is 2.31. The summed E-state index contributed by atoms with van der Waals surface area (Å²) in [6.07, 6.45) is -5.57. The molecule has 1 atom stereocenters. The fourth-order valence-electron chi connectivity index (χ4n) is 1.49. The Morgan fingerprint density at radius 2 is 1.74 bits per heavy atom. The normalized spacial score (nSPS) is 13.3. The van der Waals surface area contributed by atoms with E-state index in [1.807, 2.05) is 0 Å². The van der Waals surface area contributed by atoms with Crippen molar-refractivity contribution in [3.8, 4) is 5.75 Å². The van der Waals surface area contributed by atoms with Crippen molar-refractivity contribution in [2.45, 2.75) is 12.5 Å². The van der Waals surface area contributed by atoms with Gasteiger partial charge in [-0.2, -0.15) is 0 Å². The number of benzene rings is 1. The number of aliphatic hydroxyl groups excluding tert-OH is 1. The van der Waals surface area contributed by atoms with Crippen LogP contribution in [0.3, 0.4) is 0 Å². The average molecular weight is 353 g/mol. The summed E-state index contributed by atoms with van der Waals surface area (Å²) >= 11 is 4.64. The lowest BCUT2D eigenvalue weighted by atomic mass is 10.1. The van der Waals surface area contributed by atoms with Gasteiger partial charge in [0.25, 0.3) is 0 Å². The van der Waals surface area contributed by atoms with E-state index < -0.39 is 12.5 Å². The molecule has 19 heavy (non-hydrogen) atoms. The summed E-state index contributed by atoms with van der Waals surface area (Å²) in [6.45, 7) is 0. The molecule has 0 spiro atoms. The Morgan fingerprint density at radius 3 is 2.21 bits per heavy atom. The number of hydrogen-bond donors (Lipinski definition) is 1. The lowest BCUT2D eigenvalue weighted by molar-refractivity contribution is -0.274. The summed E-state index contributed by atoms with van der Waals surface area (Å²) in [5.74, 6) is -0.309. The molecule has 102 valence electrons. The van der Waals surface area contributed by atoms with Crippen molar-refractivity contribution in [3.05, 3.63) is 50.6 Å². The van der Waals surface area contributed by atoms with Gasteiger partial charge in [0.15, 0.2) is 0 Å². The predicted molar refractivity (Wildman–Crippen MR) is 69.2 cm³/mol. The van der Waals surface area contributed by atoms with Crippen molar-refractivity contribution >= 4 is 27.3 Å². The quantitative estimate of drug-likeness (QED) is 0.881. The predicted octanol–water partition coefficient (Wildman–Crippen LogP) is 4.49. The van der Waals surface area contributed by atoms with Crippen molar-refractivity contribution in [3.63, 3.8) is 0 Å². The molecule has 0 aliphatic heterocycles. The zero-order chi connectivity index (χ0) is 14.0. The van der Waals surface area contributed by atoms with Gasteiger partial charge < -0.3 is 9.84 Å².